The minimum atomic E-state index is -0.286. The number of benzene rings is 1. The normalized spacial score (nSPS) is 10.6. The molecule has 0 atom stereocenters. The van der Waals surface area contributed by atoms with Gasteiger partial charge in [0.15, 0.2) is 5.16 Å². The van der Waals surface area contributed by atoms with Crippen molar-refractivity contribution >= 4 is 27.7 Å². The highest BCUT2D eigenvalue weighted by Crippen LogP contribution is 2.22. The average Bonchev–Trinajstić information content (AvgIpc) is 2.23. The van der Waals surface area contributed by atoms with Crippen LogP contribution in [0.5, 0.6) is 0 Å². The SMILES string of the molecule is Cc1cc(=O)[nH]c(SCc2cc(F)cc(Br)c2)n1. The van der Waals surface area contributed by atoms with Crippen molar-refractivity contribution in [3.05, 3.63) is 56.2 Å². The summed E-state index contributed by atoms with van der Waals surface area (Å²) in [6.45, 7) is 1.76. The Labute approximate surface area is 116 Å². The lowest BCUT2D eigenvalue weighted by Crippen LogP contribution is -2.08. The quantitative estimate of drug-likeness (QED) is 0.694. The molecule has 1 aromatic carbocycles. The fourth-order valence-corrected chi connectivity index (χ4v) is 2.83. The number of aryl methyl sites for hydroxylation is 1. The van der Waals surface area contributed by atoms with E-state index < -0.39 is 0 Å². The topological polar surface area (TPSA) is 45.8 Å². The first-order valence-corrected chi connectivity index (χ1v) is 6.96. The molecule has 18 heavy (non-hydrogen) atoms. The van der Waals surface area contributed by atoms with E-state index in [9.17, 15) is 9.18 Å². The summed E-state index contributed by atoms with van der Waals surface area (Å²) in [5, 5.41) is 0.542. The van der Waals surface area contributed by atoms with Crippen LogP contribution in [0.25, 0.3) is 0 Å². The second-order valence-electron chi connectivity index (χ2n) is 3.76. The molecule has 0 fully saturated rings. The van der Waals surface area contributed by atoms with E-state index in [1.165, 1.54) is 30.0 Å². The summed E-state index contributed by atoms with van der Waals surface area (Å²) in [7, 11) is 0. The van der Waals surface area contributed by atoms with Crippen molar-refractivity contribution in [2.75, 3.05) is 0 Å². The number of aromatic amines is 1. The van der Waals surface area contributed by atoms with E-state index in [0.717, 1.165) is 5.56 Å². The Bertz CT molecular complexity index is 609. The number of nitrogens with zero attached hydrogens (tertiary/aromatic N) is 1. The average molecular weight is 329 g/mol. The molecule has 0 saturated heterocycles. The molecular formula is C12H10BrFN2OS. The second kappa shape index (κ2) is 5.67. The van der Waals surface area contributed by atoms with Crippen molar-refractivity contribution in [3.63, 3.8) is 0 Å². The Morgan fingerprint density at radius 3 is 2.83 bits per heavy atom. The number of hydrogen-bond acceptors (Lipinski definition) is 3. The number of halogens is 2. The lowest BCUT2D eigenvalue weighted by molar-refractivity contribution is 0.625. The molecule has 0 spiro atoms. The summed E-state index contributed by atoms with van der Waals surface area (Å²) < 4.78 is 13.9. The summed E-state index contributed by atoms with van der Waals surface area (Å²) in [5.41, 5.74) is 1.32. The highest BCUT2D eigenvalue weighted by Gasteiger charge is 2.03. The van der Waals surface area contributed by atoms with Gasteiger partial charge in [-0.25, -0.2) is 9.37 Å². The number of H-pyrrole nitrogens is 1. The van der Waals surface area contributed by atoms with E-state index in [2.05, 4.69) is 25.9 Å². The van der Waals surface area contributed by atoms with Crippen LogP contribution in [0.1, 0.15) is 11.3 Å². The Morgan fingerprint density at radius 2 is 2.17 bits per heavy atom. The molecule has 0 bridgehead atoms. The first-order chi connectivity index (χ1) is 8.52. The van der Waals surface area contributed by atoms with Crippen molar-refractivity contribution in [2.24, 2.45) is 0 Å². The smallest absolute Gasteiger partial charge is 0.251 e. The molecule has 1 heterocycles. The van der Waals surface area contributed by atoms with Gasteiger partial charge in [0.25, 0.3) is 5.56 Å². The molecule has 1 N–H and O–H groups in total. The first kappa shape index (κ1) is 13.3. The number of hydrogen-bond donors (Lipinski definition) is 1. The van der Waals surface area contributed by atoms with Gasteiger partial charge in [-0.3, -0.25) is 4.79 Å². The molecule has 0 amide bonds. The van der Waals surface area contributed by atoms with Crippen LogP contribution in [0.4, 0.5) is 4.39 Å². The molecular weight excluding hydrogens is 319 g/mol. The fourth-order valence-electron chi connectivity index (χ4n) is 1.47. The van der Waals surface area contributed by atoms with Crippen LogP contribution in [-0.4, -0.2) is 9.97 Å². The van der Waals surface area contributed by atoms with Gasteiger partial charge in [0.1, 0.15) is 5.82 Å². The van der Waals surface area contributed by atoms with Crippen LogP contribution in [0.15, 0.2) is 38.7 Å². The summed E-state index contributed by atoms with van der Waals surface area (Å²) in [6, 6.07) is 6.14. The number of nitrogens with one attached hydrogen (secondary N) is 1. The van der Waals surface area contributed by atoms with Crippen molar-refractivity contribution in [1.29, 1.82) is 0 Å². The molecule has 0 aliphatic rings. The Morgan fingerprint density at radius 1 is 1.39 bits per heavy atom. The van der Waals surface area contributed by atoms with Crippen LogP contribution in [0.2, 0.25) is 0 Å². The monoisotopic (exact) mass is 328 g/mol. The molecule has 0 unspecified atom stereocenters. The van der Waals surface area contributed by atoms with Gasteiger partial charge < -0.3 is 4.98 Å². The lowest BCUT2D eigenvalue weighted by atomic mass is 10.2. The van der Waals surface area contributed by atoms with Gasteiger partial charge in [-0.1, -0.05) is 27.7 Å². The zero-order chi connectivity index (χ0) is 13.1. The van der Waals surface area contributed by atoms with Gasteiger partial charge in [-0.2, -0.15) is 0 Å². The molecule has 0 saturated carbocycles. The van der Waals surface area contributed by atoms with E-state index >= 15 is 0 Å². The Hall–Kier alpha value is -1.14. The predicted molar refractivity (Wildman–Crippen MR) is 73.3 cm³/mol. The van der Waals surface area contributed by atoms with Gasteiger partial charge in [-0.15, -0.1) is 0 Å². The number of aromatic nitrogens is 2. The predicted octanol–water partition coefficient (Wildman–Crippen LogP) is 3.27. The van der Waals surface area contributed by atoms with Gasteiger partial charge >= 0.3 is 0 Å². The zero-order valence-corrected chi connectivity index (χ0v) is 11.9. The minimum absolute atomic E-state index is 0.176. The highest BCUT2D eigenvalue weighted by atomic mass is 79.9. The van der Waals surface area contributed by atoms with E-state index in [-0.39, 0.29) is 11.4 Å². The van der Waals surface area contributed by atoms with Gasteiger partial charge in [0, 0.05) is 22.0 Å². The molecule has 0 aliphatic heterocycles. The third-order valence-corrected chi connectivity index (χ3v) is 3.55. The van der Waals surface area contributed by atoms with E-state index in [1.54, 1.807) is 6.92 Å². The molecule has 2 aromatic rings. The summed E-state index contributed by atoms with van der Waals surface area (Å²) in [6.07, 6.45) is 0. The molecule has 6 heteroatoms. The van der Waals surface area contributed by atoms with Crippen molar-refractivity contribution in [2.45, 2.75) is 17.8 Å². The molecule has 2 rings (SSSR count). The summed E-state index contributed by atoms with van der Waals surface area (Å²) >= 11 is 4.60. The van der Waals surface area contributed by atoms with Crippen molar-refractivity contribution in [1.82, 2.24) is 9.97 Å². The maximum atomic E-state index is 13.2. The highest BCUT2D eigenvalue weighted by molar-refractivity contribution is 9.10. The molecule has 0 radical (unpaired) electrons. The molecule has 94 valence electrons. The third-order valence-electron chi connectivity index (χ3n) is 2.15. The number of thioether (sulfide) groups is 1. The zero-order valence-electron chi connectivity index (χ0n) is 9.54. The fraction of sp³-hybridized carbons (Fsp3) is 0.167. The summed E-state index contributed by atoms with van der Waals surface area (Å²) in [5.74, 6) is 0.258. The van der Waals surface area contributed by atoms with Gasteiger partial charge in [0.2, 0.25) is 0 Å². The van der Waals surface area contributed by atoms with Crippen molar-refractivity contribution in [3.8, 4) is 0 Å². The van der Waals surface area contributed by atoms with Gasteiger partial charge in [-0.05, 0) is 30.7 Å². The Balaban J connectivity index is 2.13. The van der Waals surface area contributed by atoms with E-state index in [4.69, 9.17) is 0 Å². The number of rotatable bonds is 3. The van der Waals surface area contributed by atoms with Crippen LogP contribution in [-0.2, 0) is 5.75 Å². The third kappa shape index (κ3) is 3.68. The largest absolute Gasteiger partial charge is 0.301 e. The summed E-state index contributed by atoms with van der Waals surface area (Å²) in [4.78, 5) is 18.1. The van der Waals surface area contributed by atoms with E-state index in [0.29, 0.717) is 21.1 Å². The van der Waals surface area contributed by atoms with Crippen molar-refractivity contribution < 1.29 is 4.39 Å². The van der Waals surface area contributed by atoms with Crippen LogP contribution in [0, 0.1) is 12.7 Å². The minimum Gasteiger partial charge on any atom is -0.301 e. The molecule has 0 aliphatic carbocycles. The standard InChI is InChI=1S/C12H10BrFN2OS/c1-7-2-11(17)16-12(15-7)18-6-8-3-9(13)5-10(14)4-8/h2-5H,6H2,1H3,(H,15,16,17). The van der Waals surface area contributed by atoms with Crippen LogP contribution >= 0.6 is 27.7 Å². The van der Waals surface area contributed by atoms with Crippen LogP contribution in [0.3, 0.4) is 0 Å². The Kier molecular flexibility index (Phi) is 4.19. The molecule has 1 aromatic heterocycles. The lowest BCUT2D eigenvalue weighted by Gasteiger charge is -2.03. The van der Waals surface area contributed by atoms with Gasteiger partial charge in [0.05, 0.1) is 0 Å². The maximum absolute atomic E-state index is 13.2. The first-order valence-electron chi connectivity index (χ1n) is 5.19. The molecule has 3 nitrogen and oxygen atoms in total. The maximum Gasteiger partial charge on any atom is 0.251 e. The second-order valence-corrected chi connectivity index (χ2v) is 5.64. The van der Waals surface area contributed by atoms with E-state index in [1.807, 2.05) is 6.07 Å². The van der Waals surface area contributed by atoms with Crippen LogP contribution < -0.4 is 5.56 Å².